The van der Waals surface area contributed by atoms with E-state index in [1.165, 1.54) is 0 Å². The fourth-order valence-corrected chi connectivity index (χ4v) is 2.55. The second-order valence-corrected chi connectivity index (χ2v) is 5.45. The normalized spacial score (nSPS) is 13.1. The van der Waals surface area contributed by atoms with E-state index in [2.05, 4.69) is 0 Å². The highest BCUT2D eigenvalue weighted by Crippen LogP contribution is 2.25. The lowest BCUT2D eigenvalue weighted by Gasteiger charge is -2.20. The van der Waals surface area contributed by atoms with Gasteiger partial charge in [-0.1, -0.05) is 67.6 Å². The molecule has 0 saturated heterocycles. The van der Waals surface area contributed by atoms with Gasteiger partial charge in [-0.3, -0.25) is 14.4 Å². The van der Waals surface area contributed by atoms with Gasteiger partial charge in [-0.15, -0.1) is 0 Å². The monoisotopic (exact) mass is 310 g/mol. The molecule has 0 saturated carbocycles. The van der Waals surface area contributed by atoms with Crippen molar-refractivity contribution in [3.63, 3.8) is 0 Å². The Bertz CT molecular complexity index is 692. The van der Waals surface area contributed by atoms with Gasteiger partial charge in [0.2, 0.25) is 0 Å². The highest BCUT2D eigenvalue weighted by Gasteiger charge is 2.33. The van der Waals surface area contributed by atoms with Crippen molar-refractivity contribution in [1.82, 2.24) is 0 Å². The van der Waals surface area contributed by atoms with Gasteiger partial charge in [0.05, 0.1) is 6.42 Å². The first-order chi connectivity index (χ1) is 11.0. The molecule has 2 aromatic carbocycles. The van der Waals surface area contributed by atoms with Crippen LogP contribution in [0.2, 0.25) is 0 Å². The molecule has 2 aromatic rings. The van der Waals surface area contributed by atoms with E-state index in [-0.39, 0.29) is 18.0 Å². The largest absolute Gasteiger partial charge is 0.481 e. The van der Waals surface area contributed by atoms with Crippen LogP contribution in [-0.2, 0) is 4.79 Å². The number of aliphatic carboxylic acids is 1. The van der Waals surface area contributed by atoms with E-state index in [4.69, 9.17) is 5.11 Å². The average Bonchev–Trinajstić information content (AvgIpc) is 2.59. The molecular formula is C19H18O4. The van der Waals surface area contributed by atoms with Crippen LogP contribution >= 0.6 is 0 Å². The third-order valence-electron chi connectivity index (χ3n) is 3.87. The summed E-state index contributed by atoms with van der Waals surface area (Å²) >= 11 is 0. The minimum atomic E-state index is -1.09. The molecule has 0 bridgehead atoms. The van der Waals surface area contributed by atoms with Gasteiger partial charge in [-0.2, -0.15) is 0 Å². The van der Waals surface area contributed by atoms with Gasteiger partial charge < -0.3 is 5.11 Å². The van der Waals surface area contributed by atoms with Gasteiger partial charge in [0.1, 0.15) is 0 Å². The fraction of sp³-hybridized carbons (Fsp3) is 0.211. The van der Waals surface area contributed by atoms with Crippen molar-refractivity contribution in [3.8, 4) is 0 Å². The minimum absolute atomic E-state index is 0.221. The molecule has 4 heteroatoms. The molecule has 0 aliphatic heterocycles. The quantitative estimate of drug-likeness (QED) is 0.795. The lowest BCUT2D eigenvalue weighted by atomic mass is 9.80. The van der Waals surface area contributed by atoms with E-state index >= 15 is 0 Å². The fourth-order valence-electron chi connectivity index (χ4n) is 2.55. The Kier molecular flexibility index (Phi) is 5.41. The highest BCUT2D eigenvalue weighted by atomic mass is 16.4. The molecule has 118 valence electrons. The summed E-state index contributed by atoms with van der Waals surface area (Å²) in [5.41, 5.74) is 0.905. The van der Waals surface area contributed by atoms with Crippen molar-refractivity contribution >= 4 is 17.5 Å². The summed E-state index contributed by atoms with van der Waals surface area (Å²) in [6.45, 7) is 1.61. The Labute approximate surface area is 134 Å². The zero-order valence-corrected chi connectivity index (χ0v) is 12.8. The molecule has 0 radical (unpaired) electrons. The van der Waals surface area contributed by atoms with Crippen molar-refractivity contribution in [2.75, 3.05) is 0 Å². The zero-order chi connectivity index (χ0) is 16.8. The van der Waals surface area contributed by atoms with Crippen LogP contribution in [0.5, 0.6) is 0 Å². The van der Waals surface area contributed by atoms with Gasteiger partial charge >= 0.3 is 5.97 Å². The number of carbonyl (C=O) groups excluding carboxylic acids is 2. The summed E-state index contributed by atoms with van der Waals surface area (Å²) in [5, 5.41) is 9.12. The third kappa shape index (κ3) is 4.13. The molecule has 1 N–H and O–H groups in total. The second kappa shape index (κ2) is 7.49. The average molecular weight is 310 g/mol. The summed E-state index contributed by atoms with van der Waals surface area (Å²) in [6, 6.07) is 17.1. The van der Waals surface area contributed by atoms with E-state index in [1.807, 2.05) is 0 Å². The van der Waals surface area contributed by atoms with E-state index in [0.29, 0.717) is 11.1 Å². The summed E-state index contributed by atoms with van der Waals surface area (Å²) in [6.07, 6.45) is -0.368. The summed E-state index contributed by atoms with van der Waals surface area (Å²) in [7, 11) is 0. The van der Waals surface area contributed by atoms with Crippen molar-refractivity contribution in [2.45, 2.75) is 13.3 Å². The Morgan fingerprint density at radius 3 is 1.70 bits per heavy atom. The number of hydrogen-bond donors (Lipinski definition) is 1. The molecular weight excluding hydrogens is 292 g/mol. The first-order valence-electron chi connectivity index (χ1n) is 7.41. The predicted molar refractivity (Wildman–Crippen MR) is 86.5 cm³/mol. The number of rotatable bonds is 7. The van der Waals surface area contributed by atoms with Gasteiger partial charge in [0.25, 0.3) is 0 Å². The Balaban J connectivity index is 2.29. The number of benzene rings is 2. The van der Waals surface area contributed by atoms with Crippen molar-refractivity contribution in [3.05, 3.63) is 71.8 Å². The molecule has 0 heterocycles. The maximum Gasteiger partial charge on any atom is 0.304 e. The van der Waals surface area contributed by atoms with Crippen molar-refractivity contribution in [2.24, 2.45) is 11.8 Å². The van der Waals surface area contributed by atoms with Crippen molar-refractivity contribution < 1.29 is 19.5 Å². The number of carboxylic acid groups (broad SMARTS) is 1. The van der Waals surface area contributed by atoms with E-state index in [0.717, 1.165) is 0 Å². The third-order valence-corrected chi connectivity index (χ3v) is 3.87. The molecule has 2 unspecified atom stereocenters. The molecule has 4 nitrogen and oxygen atoms in total. The van der Waals surface area contributed by atoms with Gasteiger partial charge in [-0.25, -0.2) is 0 Å². The van der Waals surface area contributed by atoms with Crippen LogP contribution in [-0.4, -0.2) is 22.6 Å². The maximum atomic E-state index is 12.6. The van der Waals surface area contributed by atoms with Crippen LogP contribution in [0.3, 0.4) is 0 Å². The summed E-state index contributed by atoms with van der Waals surface area (Å²) < 4.78 is 0. The van der Waals surface area contributed by atoms with Crippen LogP contribution < -0.4 is 0 Å². The lowest BCUT2D eigenvalue weighted by molar-refractivity contribution is -0.138. The van der Waals surface area contributed by atoms with E-state index < -0.39 is 17.8 Å². The minimum Gasteiger partial charge on any atom is -0.481 e. The van der Waals surface area contributed by atoms with Crippen LogP contribution in [0.4, 0.5) is 0 Å². The number of Topliss-reactive ketones (excluding diaryl/α,β-unsaturated/α-hetero) is 2. The molecule has 2 atom stereocenters. The highest BCUT2D eigenvalue weighted by molar-refractivity contribution is 6.05. The molecule has 0 fully saturated rings. The van der Waals surface area contributed by atoms with Crippen LogP contribution in [0.1, 0.15) is 34.1 Å². The lowest BCUT2D eigenvalue weighted by Crippen LogP contribution is -2.30. The van der Waals surface area contributed by atoms with Gasteiger partial charge in [-0.05, 0) is 0 Å². The first kappa shape index (κ1) is 16.6. The Morgan fingerprint density at radius 1 is 0.826 bits per heavy atom. The topological polar surface area (TPSA) is 71.4 Å². The van der Waals surface area contributed by atoms with Gasteiger partial charge in [0, 0.05) is 23.0 Å². The van der Waals surface area contributed by atoms with Crippen LogP contribution in [0.15, 0.2) is 60.7 Å². The second-order valence-electron chi connectivity index (χ2n) is 5.45. The van der Waals surface area contributed by atoms with E-state index in [1.54, 1.807) is 67.6 Å². The Hall–Kier alpha value is -2.75. The molecule has 0 amide bonds. The molecule has 0 aliphatic rings. The smallest absolute Gasteiger partial charge is 0.304 e. The summed E-state index contributed by atoms with van der Waals surface area (Å²) in [5.74, 6) is -3.22. The SMILES string of the molecule is CC(C(=O)c1ccccc1)C(CC(=O)O)C(=O)c1ccccc1. The molecule has 0 aliphatic carbocycles. The number of carboxylic acids is 1. The maximum absolute atomic E-state index is 12.6. The predicted octanol–water partition coefficient (Wildman–Crippen LogP) is 3.48. The van der Waals surface area contributed by atoms with Crippen molar-refractivity contribution in [1.29, 1.82) is 0 Å². The number of hydrogen-bond acceptors (Lipinski definition) is 3. The van der Waals surface area contributed by atoms with Crippen LogP contribution in [0.25, 0.3) is 0 Å². The Morgan fingerprint density at radius 2 is 1.26 bits per heavy atom. The molecule has 2 rings (SSSR count). The van der Waals surface area contributed by atoms with E-state index in [9.17, 15) is 14.4 Å². The first-order valence-corrected chi connectivity index (χ1v) is 7.41. The standard InChI is InChI=1S/C19H18O4/c1-13(18(22)14-8-4-2-5-9-14)16(12-17(20)21)19(23)15-10-6-3-7-11-15/h2-11,13,16H,12H2,1H3,(H,20,21). The number of carbonyl (C=O) groups is 3. The molecule has 0 spiro atoms. The molecule has 0 aromatic heterocycles. The van der Waals surface area contributed by atoms with Crippen LogP contribution in [0, 0.1) is 11.8 Å². The number of ketones is 2. The molecule has 23 heavy (non-hydrogen) atoms. The zero-order valence-electron chi connectivity index (χ0n) is 12.8. The van der Waals surface area contributed by atoms with Gasteiger partial charge in [0.15, 0.2) is 11.6 Å². The summed E-state index contributed by atoms with van der Waals surface area (Å²) in [4.78, 5) is 36.3.